The van der Waals surface area contributed by atoms with Crippen LogP contribution in [0.1, 0.15) is 40.4 Å². The number of likely N-dealkylation sites (tertiary alicyclic amines) is 1. The van der Waals surface area contributed by atoms with Gasteiger partial charge >= 0.3 is 0 Å². The average Bonchev–Trinajstić information content (AvgIpc) is 3.04. The highest BCUT2D eigenvalue weighted by atomic mass is 16.5. The quantitative estimate of drug-likeness (QED) is 0.872. The molecule has 1 fully saturated rings. The normalized spacial score (nSPS) is 17.5. The lowest BCUT2D eigenvalue weighted by Crippen LogP contribution is -2.30. The van der Waals surface area contributed by atoms with Crippen molar-refractivity contribution < 1.29 is 9.53 Å². The van der Waals surface area contributed by atoms with Crippen molar-refractivity contribution in [1.29, 1.82) is 0 Å². The van der Waals surface area contributed by atoms with Crippen LogP contribution in [0.4, 0.5) is 0 Å². The van der Waals surface area contributed by atoms with Crippen LogP contribution in [0.5, 0.6) is 5.88 Å². The van der Waals surface area contributed by atoms with Gasteiger partial charge in [0.15, 0.2) is 0 Å². The molecule has 4 heteroatoms. The molecule has 22 heavy (non-hydrogen) atoms. The molecular weight excluding hydrogens is 276 g/mol. The number of pyridine rings is 1. The second-order valence-electron chi connectivity index (χ2n) is 5.66. The monoisotopic (exact) mass is 296 g/mol. The standard InChI is InChI=1S/C18H20N2O2/c1-13-5-7-14(8-6-13)16-4-3-11-20(16)18(21)15-9-10-17(22-2)19-12-15/h5-10,12,16H,3-4,11H2,1-2H3. The van der Waals surface area contributed by atoms with E-state index in [2.05, 4.69) is 36.2 Å². The number of methoxy groups -OCH3 is 1. The maximum absolute atomic E-state index is 12.7. The van der Waals surface area contributed by atoms with E-state index < -0.39 is 0 Å². The van der Waals surface area contributed by atoms with Crippen LogP contribution in [-0.2, 0) is 0 Å². The Morgan fingerprint density at radius 3 is 2.64 bits per heavy atom. The van der Waals surface area contributed by atoms with Gasteiger partial charge in [0.25, 0.3) is 5.91 Å². The summed E-state index contributed by atoms with van der Waals surface area (Å²) in [5.41, 5.74) is 3.05. The molecule has 2 aromatic rings. The molecule has 0 radical (unpaired) electrons. The summed E-state index contributed by atoms with van der Waals surface area (Å²) in [6, 6.07) is 12.1. The van der Waals surface area contributed by atoms with E-state index in [9.17, 15) is 4.79 Å². The first-order valence-corrected chi connectivity index (χ1v) is 7.56. The van der Waals surface area contributed by atoms with E-state index in [4.69, 9.17) is 4.74 Å². The molecule has 3 rings (SSSR count). The average molecular weight is 296 g/mol. The van der Waals surface area contributed by atoms with Crippen molar-refractivity contribution in [2.45, 2.75) is 25.8 Å². The number of nitrogens with zero attached hydrogens (tertiary/aromatic N) is 2. The summed E-state index contributed by atoms with van der Waals surface area (Å²) in [6.07, 6.45) is 3.64. The summed E-state index contributed by atoms with van der Waals surface area (Å²) in [6.45, 7) is 2.87. The first-order valence-electron chi connectivity index (χ1n) is 7.56. The van der Waals surface area contributed by atoms with E-state index in [0.717, 1.165) is 19.4 Å². The Hall–Kier alpha value is -2.36. The summed E-state index contributed by atoms with van der Waals surface area (Å²) in [5.74, 6) is 0.561. The van der Waals surface area contributed by atoms with Gasteiger partial charge in [0, 0.05) is 18.8 Å². The lowest BCUT2D eigenvalue weighted by Gasteiger charge is -2.25. The second kappa shape index (κ2) is 6.18. The highest BCUT2D eigenvalue weighted by molar-refractivity contribution is 5.94. The lowest BCUT2D eigenvalue weighted by atomic mass is 10.0. The number of carbonyl (C=O) groups excluding carboxylic acids is 1. The molecule has 1 atom stereocenters. The summed E-state index contributed by atoms with van der Waals surface area (Å²) in [4.78, 5) is 18.8. The Balaban J connectivity index is 1.82. The Bertz CT molecular complexity index is 650. The van der Waals surface area contributed by atoms with Gasteiger partial charge in [-0.3, -0.25) is 4.79 Å². The van der Waals surface area contributed by atoms with Crippen LogP contribution in [0.25, 0.3) is 0 Å². The maximum Gasteiger partial charge on any atom is 0.255 e. The number of rotatable bonds is 3. The van der Waals surface area contributed by atoms with Gasteiger partial charge in [-0.25, -0.2) is 4.98 Å². The third kappa shape index (κ3) is 2.82. The zero-order valence-corrected chi connectivity index (χ0v) is 13.0. The van der Waals surface area contributed by atoms with E-state index in [1.54, 1.807) is 25.4 Å². The number of ether oxygens (including phenoxy) is 1. The number of hydrogen-bond acceptors (Lipinski definition) is 3. The SMILES string of the molecule is COc1ccc(C(=O)N2CCCC2c2ccc(C)cc2)cn1. The summed E-state index contributed by atoms with van der Waals surface area (Å²) in [5, 5.41) is 0. The molecule has 1 aromatic carbocycles. The predicted octanol–water partition coefficient (Wildman–Crippen LogP) is 3.38. The van der Waals surface area contributed by atoms with Gasteiger partial charge in [-0.05, 0) is 31.4 Å². The minimum absolute atomic E-state index is 0.0400. The van der Waals surface area contributed by atoms with Gasteiger partial charge < -0.3 is 9.64 Å². The molecule has 0 bridgehead atoms. The van der Waals surface area contributed by atoms with Crippen molar-refractivity contribution in [3.8, 4) is 5.88 Å². The first-order chi connectivity index (χ1) is 10.7. The van der Waals surface area contributed by atoms with E-state index in [0.29, 0.717) is 11.4 Å². The Morgan fingerprint density at radius 2 is 2.00 bits per heavy atom. The first kappa shape index (κ1) is 14.6. The third-order valence-electron chi connectivity index (χ3n) is 4.17. The number of aryl methyl sites for hydroxylation is 1. The molecule has 2 heterocycles. The van der Waals surface area contributed by atoms with Gasteiger partial charge in [-0.15, -0.1) is 0 Å². The number of hydrogen-bond donors (Lipinski definition) is 0. The number of benzene rings is 1. The van der Waals surface area contributed by atoms with Gasteiger partial charge in [0.1, 0.15) is 0 Å². The van der Waals surface area contributed by atoms with E-state index in [1.165, 1.54) is 11.1 Å². The fourth-order valence-corrected chi connectivity index (χ4v) is 2.94. The molecule has 1 aliphatic heterocycles. The Labute approximate surface area is 130 Å². The molecule has 0 spiro atoms. The van der Waals surface area contributed by atoms with Crippen molar-refractivity contribution in [2.24, 2.45) is 0 Å². The van der Waals surface area contributed by atoms with Crippen LogP contribution >= 0.6 is 0 Å². The molecule has 1 aliphatic rings. The highest BCUT2D eigenvalue weighted by Crippen LogP contribution is 2.33. The van der Waals surface area contributed by atoms with Crippen LogP contribution in [-0.4, -0.2) is 29.4 Å². The summed E-state index contributed by atoms with van der Waals surface area (Å²) < 4.78 is 5.04. The number of carbonyl (C=O) groups is 1. The second-order valence-corrected chi connectivity index (χ2v) is 5.66. The maximum atomic E-state index is 12.7. The Morgan fingerprint density at radius 1 is 1.23 bits per heavy atom. The van der Waals surface area contributed by atoms with Crippen molar-refractivity contribution >= 4 is 5.91 Å². The predicted molar refractivity (Wildman–Crippen MR) is 85.0 cm³/mol. The Kier molecular flexibility index (Phi) is 4.09. The molecule has 1 unspecified atom stereocenters. The fraction of sp³-hybridized carbons (Fsp3) is 0.333. The zero-order valence-electron chi connectivity index (χ0n) is 13.0. The molecule has 114 valence electrons. The molecule has 1 aromatic heterocycles. The van der Waals surface area contributed by atoms with Gasteiger partial charge in [0.2, 0.25) is 5.88 Å². The fourth-order valence-electron chi connectivity index (χ4n) is 2.94. The number of amides is 1. The zero-order chi connectivity index (χ0) is 15.5. The topological polar surface area (TPSA) is 42.4 Å². The molecule has 1 saturated heterocycles. The van der Waals surface area contributed by atoms with Crippen molar-refractivity contribution in [2.75, 3.05) is 13.7 Å². The third-order valence-corrected chi connectivity index (χ3v) is 4.17. The largest absolute Gasteiger partial charge is 0.481 e. The molecule has 0 N–H and O–H groups in total. The smallest absolute Gasteiger partial charge is 0.255 e. The highest BCUT2D eigenvalue weighted by Gasteiger charge is 2.30. The van der Waals surface area contributed by atoms with Crippen molar-refractivity contribution in [3.63, 3.8) is 0 Å². The molecule has 0 saturated carbocycles. The van der Waals surface area contributed by atoms with Crippen LogP contribution < -0.4 is 4.74 Å². The number of aromatic nitrogens is 1. The minimum atomic E-state index is 0.0400. The van der Waals surface area contributed by atoms with Crippen LogP contribution in [0.3, 0.4) is 0 Å². The van der Waals surface area contributed by atoms with Gasteiger partial charge in [-0.2, -0.15) is 0 Å². The van der Waals surface area contributed by atoms with Crippen LogP contribution in [0.15, 0.2) is 42.6 Å². The molecule has 1 amide bonds. The summed E-state index contributed by atoms with van der Waals surface area (Å²) in [7, 11) is 1.57. The molecular formula is C18H20N2O2. The molecule has 0 aliphatic carbocycles. The van der Waals surface area contributed by atoms with E-state index >= 15 is 0 Å². The lowest BCUT2D eigenvalue weighted by molar-refractivity contribution is 0.0735. The van der Waals surface area contributed by atoms with E-state index in [-0.39, 0.29) is 11.9 Å². The van der Waals surface area contributed by atoms with E-state index in [1.807, 2.05) is 4.90 Å². The van der Waals surface area contributed by atoms with Crippen molar-refractivity contribution in [3.05, 3.63) is 59.3 Å². The van der Waals surface area contributed by atoms with Crippen molar-refractivity contribution in [1.82, 2.24) is 9.88 Å². The van der Waals surface area contributed by atoms with Gasteiger partial charge in [0.05, 0.1) is 18.7 Å². The summed E-state index contributed by atoms with van der Waals surface area (Å²) >= 11 is 0. The van der Waals surface area contributed by atoms with Gasteiger partial charge in [-0.1, -0.05) is 29.8 Å². The molecule has 4 nitrogen and oxygen atoms in total. The van der Waals surface area contributed by atoms with Crippen LogP contribution in [0, 0.1) is 6.92 Å². The van der Waals surface area contributed by atoms with Crippen LogP contribution in [0.2, 0.25) is 0 Å². The minimum Gasteiger partial charge on any atom is -0.481 e.